The molecule has 1 heterocycles. The normalized spacial score (nSPS) is 10.9. The molecule has 0 unspecified atom stereocenters. The van der Waals surface area contributed by atoms with Gasteiger partial charge in [0.1, 0.15) is 5.69 Å². The van der Waals surface area contributed by atoms with E-state index in [4.69, 9.17) is 32.6 Å². The van der Waals surface area contributed by atoms with Gasteiger partial charge in [-0.15, -0.1) is 0 Å². The molecule has 0 fully saturated rings. The van der Waals surface area contributed by atoms with Gasteiger partial charge in [-0.25, -0.2) is 4.98 Å². The molecule has 0 atom stereocenters. The zero-order valence-corrected chi connectivity index (χ0v) is 18.4. The molecule has 3 aromatic carbocycles. The minimum atomic E-state index is 0.471. The first kappa shape index (κ1) is 20.5. The third-order valence-electron chi connectivity index (χ3n) is 5.12. The Morgan fingerprint density at radius 1 is 0.767 bits per heavy atom. The van der Waals surface area contributed by atoms with Gasteiger partial charge in [-0.2, -0.15) is 0 Å². The summed E-state index contributed by atoms with van der Waals surface area (Å²) in [5, 5.41) is 1.20. The van der Waals surface area contributed by atoms with Gasteiger partial charge >= 0.3 is 0 Å². The van der Waals surface area contributed by atoms with Crippen LogP contribution >= 0.6 is 23.2 Å². The lowest BCUT2D eigenvalue weighted by Gasteiger charge is -2.21. The lowest BCUT2D eigenvalue weighted by Crippen LogP contribution is -2.21. The van der Waals surface area contributed by atoms with Gasteiger partial charge in [0.2, 0.25) is 5.89 Å². The zero-order valence-electron chi connectivity index (χ0n) is 16.9. The van der Waals surface area contributed by atoms with Crippen molar-refractivity contribution in [3.8, 4) is 34.0 Å². The standard InChI is InChI=1S/C25H22Cl2N2O/c1-3-29(4-2)18-15-13-17(14-16-18)23-24(19-9-5-7-11-21(19)26)30-25(28-23)20-10-6-8-12-22(20)27/h5-16H,3-4H2,1-2H3. The number of oxazole rings is 1. The Balaban J connectivity index is 1.86. The van der Waals surface area contributed by atoms with E-state index >= 15 is 0 Å². The molecule has 0 saturated carbocycles. The van der Waals surface area contributed by atoms with E-state index < -0.39 is 0 Å². The molecule has 0 saturated heterocycles. The second-order valence-electron chi connectivity index (χ2n) is 6.88. The topological polar surface area (TPSA) is 29.3 Å². The number of nitrogens with zero attached hydrogens (tertiary/aromatic N) is 2. The maximum absolute atomic E-state index is 6.49. The molecule has 0 spiro atoms. The van der Waals surface area contributed by atoms with E-state index in [-0.39, 0.29) is 0 Å². The molecule has 0 bridgehead atoms. The Hall–Kier alpha value is -2.75. The van der Waals surface area contributed by atoms with Crippen molar-refractivity contribution >= 4 is 28.9 Å². The fourth-order valence-electron chi connectivity index (χ4n) is 3.51. The molecule has 152 valence electrons. The summed E-state index contributed by atoms with van der Waals surface area (Å²) in [5.41, 5.74) is 4.43. The Bertz CT molecular complexity index is 1150. The SMILES string of the molecule is CCN(CC)c1ccc(-c2nc(-c3ccccc3Cl)oc2-c2ccccc2Cl)cc1. The molecule has 4 rings (SSSR count). The van der Waals surface area contributed by atoms with E-state index in [1.54, 1.807) is 0 Å². The van der Waals surface area contributed by atoms with Crippen molar-refractivity contribution in [2.75, 3.05) is 18.0 Å². The monoisotopic (exact) mass is 436 g/mol. The van der Waals surface area contributed by atoms with Crippen LogP contribution < -0.4 is 4.90 Å². The molecule has 0 aliphatic heterocycles. The third-order valence-corrected chi connectivity index (χ3v) is 5.78. The van der Waals surface area contributed by atoms with Gasteiger partial charge in [0, 0.05) is 29.9 Å². The van der Waals surface area contributed by atoms with Gasteiger partial charge in [0.05, 0.1) is 15.6 Å². The maximum Gasteiger partial charge on any atom is 0.228 e. The lowest BCUT2D eigenvalue weighted by atomic mass is 10.1. The van der Waals surface area contributed by atoms with Crippen molar-refractivity contribution in [1.29, 1.82) is 0 Å². The second-order valence-corrected chi connectivity index (χ2v) is 7.69. The molecular weight excluding hydrogens is 415 g/mol. The lowest BCUT2D eigenvalue weighted by molar-refractivity contribution is 0.589. The van der Waals surface area contributed by atoms with Crippen LogP contribution in [-0.2, 0) is 0 Å². The van der Waals surface area contributed by atoms with Crippen molar-refractivity contribution in [2.24, 2.45) is 0 Å². The van der Waals surface area contributed by atoms with Crippen LogP contribution in [0.2, 0.25) is 10.0 Å². The highest BCUT2D eigenvalue weighted by Gasteiger charge is 2.21. The van der Waals surface area contributed by atoms with Gasteiger partial charge in [-0.1, -0.05) is 59.6 Å². The largest absolute Gasteiger partial charge is 0.435 e. The molecule has 4 aromatic rings. The van der Waals surface area contributed by atoms with Crippen molar-refractivity contribution in [3.63, 3.8) is 0 Å². The van der Waals surface area contributed by atoms with Crippen LogP contribution in [0.4, 0.5) is 5.69 Å². The molecule has 0 aliphatic carbocycles. The van der Waals surface area contributed by atoms with Crippen molar-refractivity contribution < 1.29 is 4.42 Å². The number of hydrogen-bond acceptors (Lipinski definition) is 3. The van der Waals surface area contributed by atoms with Crippen LogP contribution in [0.25, 0.3) is 34.0 Å². The molecule has 1 aromatic heterocycles. The minimum Gasteiger partial charge on any atom is -0.435 e. The van der Waals surface area contributed by atoms with Crippen molar-refractivity contribution in [1.82, 2.24) is 4.98 Å². The van der Waals surface area contributed by atoms with Gasteiger partial charge < -0.3 is 9.32 Å². The number of benzene rings is 3. The molecule has 3 nitrogen and oxygen atoms in total. The maximum atomic E-state index is 6.49. The fraction of sp³-hybridized carbons (Fsp3) is 0.160. The van der Waals surface area contributed by atoms with Gasteiger partial charge in [-0.05, 0) is 50.2 Å². The molecular formula is C25H22Cl2N2O. The van der Waals surface area contributed by atoms with Gasteiger partial charge in [0.25, 0.3) is 0 Å². The summed E-state index contributed by atoms with van der Waals surface area (Å²) in [6.45, 7) is 6.23. The van der Waals surface area contributed by atoms with E-state index in [1.807, 2.05) is 48.5 Å². The first-order valence-electron chi connectivity index (χ1n) is 9.98. The van der Waals surface area contributed by atoms with Crippen LogP contribution in [0, 0.1) is 0 Å². The van der Waals surface area contributed by atoms with E-state index in [0.717, 1.165) is 35.5 Å². The number of halogens is 2. The van der Waals surface area contributed by atoms with Crippen LogP contribution in [0.1, 0.15) is 13.8 Å². The average Bonchev–Trinajstić information content (AvgIpc) is 3.20. The molecule has 5 heteroatoms. The molecule has 0 N–H and O–H groups in total. The van der Waals surface area contributed by atoms with E-state index in [1.165, 1.54) is 5.69 Å². The molecule has 0 radical (unpaired) electrons. The average molecular weight is 437 g/mol. The summed E-state index contributed by atoms with van der Waals surface area (Å²) in [7, 11) is 0. The summed E-state index contributed by atoms with van der Waals surface area (Å²) in [6.07, 6.45) is 0. The molecule has 30 heavy (non-hydrogen) atoms. The summed E-state index contributed by atoms with van der Waals surface area (Å²) in [6, 6.07) is 23.5. The van der Waals surface area contributed by atoms with Gasteiger partial charge in [0.15, 0.2) is 5.76 Å². The van der Waals surface area contributed by atoms with E-state index in [2.05, 4.69) is 43.0 Å². The highest BCUT2D eigenvalue weighted by molar-refractivity contribution is 6.33. The fourth-order valence-corrected chi connectivity index (χ4v) is 3.95. The quantitative estimate of drug-likeness (QED) is 0.308. The van der Waals surface area contributed by atoms with Crippen LogP contribution in [-0.4, -0.2) is 18.1 Å². The van der Waals surface area contributed by atoms with Gasteiger partial charge in [-0.3, -0.25) is 0 Å². The zero-order chi connectivity index (χ0) is 21.1. The number of aromatic nitrogens is 1. The van der Waals surface area contributed by atoms with Crippen LogP contribution in [0.3, 0.4) is 0 Å². The predicted octanol–water partition coefficient (Wildman–Crippen LogP) is 7.83. The summed E-state index contributed by atoms with van der Waals surface area (Å²) >= 11 is 12.9. The minimum absolute atomic E-state index is 0.471. The highest BCUT2D eigenvalue weighted by atomic mass is 35.5. The predicted molar refractivity (Wildman–Crippen MR) is 126 cm³/mol. The van der Waals surface area contributed by atoms with Crippen molar-refractivity contribution in [2.45, 2.75) is 13.8 Å². The Morgan fingerprint density at radius 3 is 1.90 bits per heavy atom. The summed E-state index contributed by atoms with van der Waals surface area (Å²) < 4.78 is 6.23. The van der Waals surface area contributed by atoms with Crippen LogP contribution in [0.15, 0.2) is 77.2 Å². The summed E-state index contributed by atoms with van der Waals surface area (Å²) in [5.74, 6) is 1.10. The first-order chi connectivity index (χ1) is 14.6. The summed E-state index contributed by atoms with van der Waals surface area (Å²) in [4.78, 5) is 7.12. The van der Waals surface area contributed by atoms with E-state index in [9.17, 15) is 0 Å². The number of rotatable bonds is 6. The Kier molecular flexibility index (Phi) is 6.12. The Morgan fingerprint density at radius 2 is 1.33 bits per heavy atom. The third kappa shape index (κ3) is 3.96. The molecule has 0 aliphatic rings. The second kappa shape index (κ2) is 8.95. The van der Waals surface area contributed by atoms with Crippen LogP contribution in [0.5, 0.6) is 0 Å². The Labute approximate surface area is 186 Å². The highest BCUT2D eigenvalue weighted by Crippen LogP contribution is 2.40. The number of hydrogen-bond donors (Lipinski definition) is 0. The molecule has 0 amide bonds. The first-order valence-corrected chi connectivity index (χ1v) is 10.7. The number of anilines is 1. The van der Waals surface area contributed by atoms with Crippen molar-refractivity contribution in [3.05, 3.63) is 82.8 Å². The van der Waals surface area contributed by atoms with E-state index in [0.29, 0.717) is 21.7 Å². The smallest absolute Gasteiger partial charge is 0.228 e.